The number of amides is 1. The minimum atomic E-state index is -0.0389. The zero-order valence-electron chi connectivity index (χ0n) is 17.5. The Bertz CT molecular complexity index is 1410. The number of hydrogen-bond acceptors (Lipinski definition) is 3. The summed E-state index contributed by atoms with van der Waals surface area (Å²) in [5.74, 6) is -0.0389. The van der Waals surface area contributed by atoms with Crippen LogP contribution >= 0.6 is 11.3 Å². The van der Waals surface area contributed by atoms with Gasteiger partial charge in [0.15, 0.2) is 5.13 Å². The summed E-state index contributed by atoms with van der Waals surface area (Å²) >= 11 is 1.58. The van der Waals surface area contributed by atoms with Crippen molar-refractivity contribution in [1.82, 2.24) is 4.98 Å². The van der Waals surface area contributed by atoms with Crippen LogP contribution in [0.15, 0.2) is 84.9 Å². The number of carbonyl (C=O) groups is 1. The highest BCUT2D eigenvalue weighted by Crippen LogP contribution is 2.34. The summed E-state index contributed by atoms with van der Waals surface area (Å²) < 4.78 is 1.13. The van der Waals surface area contributed by atoms with Crippen molar-refractivity contribution in [3.05, 3.63) is 107 Å². The second-order valence-corrected chi connectivity index (χ2v) is 8.84. The van der Waals surface area contributed by atoms with Gasteiger partial charge in [-0.15, -0.1) is 0 Å². The van der Waals surface area contributed by atoms with Gasteiger partial charge >= 0.3 is 0 Å². The van der Waals surface area contributed by atoms with E-state index in [1.807, 2.05) is 66.7 Å². The first-order valence-electron chi connectivity index (χ1n) is 10.3. The molecule has 0 atom stereocenters. The summed E-state index contributed by atoms with van der Waals surface area (Å²) in [5.41, 5.74) is 5.06. The summed E-state index contributed by atoms with van der Waals surface area (Å²) in [6.45, 7) is 4.65. The molecular weight excluding hydrogens is 400 g/mol. The predicted octanol–water partition coefficient (Wildman–Crippen LogP) is 6.91. The topological polar surface area (TPSA) is 33.2 Å². The molecule has 5 aromatic rings. The first-order chi connectivity index (χ1) is 15.1. The van der Waals surface area contributed by atoms with Gasteiger partial charge in [-0.05, 0) is 59.5 Å². The molecule has 0 radical (unpaired) electrons. The number of aromatic nitrogens is 1. The van der Waals surface area contributed by atoms with Crippen LogP contribution in [-0.4, -0.2) is 10.9 Å². The molecule has 152 valence electrons. The van der Waals surface area contributed by atoms with Gasteiger partial charge in [0, 0.05) is 5.56 Å². The number of aryl methyl sites for hydroxylation is 2. The van der Waals surface area contributed by atoms with E-state index in [4.69, 9.17) is 4.98 Å². The third-order valence-corrected chi connectivity index (χ3v) is 6.69. The van der Waals surface area contributed by atoms with Gasteiger partial charge in [0.05, 0.1) is 16.8 Å². The van der Waals surface area contributed by atoms with Crippen molar-refractivity contribution in [3.8, 4) is 0 Å². The van der Waals surface area contributed by atoms with Gasteiger partial charge in [-0.1, -0.05) is 78.1 Å². The average Bonchev–Trinajstić information content (AvgIpc) is 3.21. The second kappa shape index (κ2) is 7.97. The molecule has 0 saturated carbocycles. The highest BCUT2D eigenvalue weighted by atomic mass is 32.1. The van der Waals surface area contributed by atoms with Crippen molar-refractivity contribution in [2.24, 2.45) is 0 Å². The molecule has 0 bridgehead atoms. The van der Waals surface area contributed by atoms with E-state index in [2.05, 4.69) is 32.0 Å². The normalized spacial score (nSPS) is 11.2. The Morgan fingerprint density at radius 1 is 0.871 bits per heavy atom. The van der Waals surface area contributed by atoms with Gasteiger partial charge < -0.3 is 0 Å². The van der Waals surface area contributed by atoms with E-state index in [-0.39, 0.29) is 5.91 Å². The number of fused-ring (bicyclic) bond motifs is 2. The fourth-order valence-corrected chi connectivity index (χ4v) is 4.96. The van der Waals surface area contributed by atoms with Gasteiger partial charge in [0.25, 0.3) is 5.91 Å². The summed E-state index contributed by atoms with van der Waals surface area (Å²) in [7, 11) is 0. The van der Waals surface area contributed by atoms with Crippen molar-refractivity contribution in [2.75, 3.05) is 4.90 Å². The van der Waals surface area contributed by atoms with E-state index in [0.29, 0.717) is 12.1 Å². The first-order valence-corrected chi connectivity index (χ1v) is 11.1. The Labute approximate surface area is 185 Å². The van der Waals surface area contributed by atoms with Gasteiger partial charge in [-0.25, -0.2) is 4.98 Å². The largest absolute Gasteiger partial charge is 0.279 e. The molecule has 0 saturated heterocycles. The fourth-order valence-electron chi connectivity index (χ4n) is 3.95. The molecule has 0 unspecified atom stereocenters. The lowest BCUT2D eigenvalue weighted by molar-refractivity contribution is 0.0985. The number of nitrogens with zero attached hydrogens (tertiary/aromatic N) is 2. The lowest BCUT2D eigenvalue weighted by atomic mass is 10.1. The number of carbonyl (C=O) groups excluding carboxylic acids is 1. The van der Waals surface area contributed by atoms with Crippen molar-refractivity contribution < 1.29 is 4.79 Å². The minimum absolute atomic E-state index is 0.0389. The number of thiazole rings is 1. The number of rotatable bonds is 4. The van der Waals surface area contributed by atoms with Crippen LogP contribution in [0, 0.1) is 13.8 Å². The zero-order valence-corrected chi connectivity index (χ0v) is 18.3. The van der Waals surface area contributed by atoms with Crippen LogP contribution in [0.5, 0.6) is 0 Å². The Morgan fingerprint density at radius 2 is 1.61 bits per heavy atom. The molecule has 4 aromatic carbocycles. The molecule has 3 nitrogen and oxygen atoms in total. The molecule has 4 heteroatoms. The van der Waals surface area contributed by atoms with Gasteiger partial charge in [0.1, 0.15) is 0 Å². The Hall–Kier alpha value is -3.50. The molecule has 0 aliphatic rings. The van der Waals surface area contributed by atoms with Crippen molar-refractivity contribution in [1.29, 1.82) is 0 Å². The van der Waals surface area contributed by atoms with Crippen LogP contribution in [0.25, 0.3) is 21.0 Å². The molecule has 5 rings (SSSR count). The quantitative estimate of drug-likeness (QED) is 0.315. The minimum Gasteiger partial charge on any atom is -0.279 e. The Balaban J connectivity index is 1.61. The maximum Gasteiger partial charge on any atom is 0.260 e. The predicted molar refractivity (Wildman–Crippen MR) is 130 cm³/mol. The molecule has 0 fully saturated rings. The molecule has 0 spiro atoms. The molecule has 1 amide bonds. The maximum atomic E-state index is 13.7. The van der Waals surface area contributed by atoms with Crippen LogP contribution in [0.2, 0.25) is 0 Å². The summed E-state index contributed by atoms with van der Waals surface area (Å²) in [5, 5.41) is 2.91. The smallest absolute Gasteiger partial charge is 0.260 e. The van der Waals surface area contributed by atoms with E-state index in [1.54, 1.807) is 16.2 Å². The maximum absolute atomic E-state index is 13.7. The van der Waals surface area contributed by atoms with Gasteiger partial charge in [-0.3, -0.25) is 9.69 Å². The third-order valence-electron chi connectivity index (χ3n) is 5.46. The zero-order chi connectivity index (χ0) is 21.4. The molecule has 0 aliphatic heterocycles. The SMILES string of the molecule is Cc1cc(C)c2sc(N(Cc3ccccc3)C(=O)c3ccc4ccccc4c3)nc2c1. The Kier molecular flexibility index (Phi) is 5.00. The summed E-state index contributed by atoms with van der Waals surface area (Å²) in [6, 6.07) is 28.3. The van der Waals surface area contributed by atoms with Crippen molar-refractivity contribution in [2.45, 2.75) is 20.4 Å². The molecular formula is C27H22N2OS. The van der Waals surface area contributed by atoms with Crippen LogP contribution in [0.3, 0.4) is 0 Å². The highest BCUT2D eigenvalue weighted by molar-refractivity contribution is 7.22. The number of hydrogen-bond donors (Lipinski definition) is 0. The average molecular weight is 423 g/mol. The van der Waals surface area contributed by atoms with Gasteiger partial charge in [-0.2, -0.15) is 0 Å². The van der Waals surface area contributed by atoms with Crippen molar-refractivity contribution in [3.63, 3.8) is 0 Å². The summed E-state index contributed by atoms with van der Waals surface area (Å²) in [4.78, 5) is 20.4. The van der Waals surface area contributed by atoms with Crippen LogP contribution in [0.1, 0.15) is 27.0 Å². The Morgan fingerprint density at radius 3 is 2.42 bits per heavy atom. The lowest BCUT2D eigenvalue weighted by Gasteiger charge is -2.20. The molecule has 1 aromatic heterocycles. The molecule has 0 aliphatic carbocycles. The van der Waals surface area contributed by atoms with Crippen LogP contribution in [-0.2, 0) is 6.54 Å². The third kappa shape index (κ3) is 3.82. The second-order valence-electron chi connectivity index (χ2n) is 7.87. The highest BCUT2D eigenvalue weighted by Gasteiger charge is 2.22. The molecule has 31 heavy (non-hydrogen) atoms. The van der Waals surface area contributed by atoms with E-state index in [1.165, 1.54) is 11.1 Å². The van der Waals surface area contributed by atoms with Crippen LogP contribution in [0.4, 0.5) is 5.13 Å². The monoisotopic (exact) mass is 422 g/mol. The first kappa shape index (κ1) is 19.5. The molecule has 1 heterocycles. The van der Waals surface area contributed by atoms with E-state index < -0.39 is 0 Å². The van der Waals surface area contributed by atoms with E-state index >= 15 is 0 Å². The standard InChI is InChI=1S/C27H22N2OS/c1-18-14-19(2)25-24(15-18)28-27(31-25)29(17-20-8-4-3-5-9-20)26(30)23-13-12-21-10-6-7-11-22(21)16-23/h3-16H,17H2,1-2H3. The fraction of sp³-hybridized carbons (Fsp3) is 0.111. The van der Waals surface area contributed by atoms with Gasteiger partial charge in [0.2, 0.25) is 0 Å². The number of benzene rings is 4. The lowest BCUT2D eigenvalue weighted by Crippen LogP contribution is -2.30. The van der Waals surface area contributed by atoms with E-state index in [0.717, 1.165) is 31.7 Å². The summed E-state index contributed by atoms with van der Waals surface area (Å²) in [6.07, 6.45) is 0. The van der Waals surface area contributed by atoms with E-state index in [9.17, 15) is 4.79 Å². The molecule has 0 N–H and O–H groups in total. The number of anilines is 1. The van der Waals surface area contributed by atoms with Crippen molar-refractivity contribution >= 4 is 43.4 Å². The van der Waals surface area contributed by atoms with Crippen LogP contribution < -0.4 is 4.90 Å².